The molecule has 0 saturated heterocycles. The van der Waals surface area contributed by atoms with Crippen molar-refractivity contribution in [2.45, 2.75) is 6.92 Å². The van der Waals surface area contributed by atoms with E-state index < -0.39 is 0 Å². The zero-order chi connectivity index (χ0) is 14.4. The van der Waals surface area contributed by atoms with Crippen LogP contribution in [0.25, 0.3) is 11.3 Å². The van der Waals surface area contributed by atoms with Crippen LogP contribution in [-0.2, 0) is 16.6 Å². The fraction of sp³-hybridized carbons (Fsp3) is 0.250. The maximum Gasteiger partial charge on any atom is 0.373 e. The van der Waals surface area contributed by atoms with Crippen molar-refractivity contribution in [1.82, 2.24) is 14.9 Å². The van der Waals surface area contributed by atoms with E-state index in [1.807, 2.05) is 36.2 Å². The second-order valence-corrected chi connectivity index (χ2v) is 4.70. The van der Waals surface area contributed by atoms with Gasteiger partial charge in [-0.15, -0.1) is 11.3 Å². The molecule has 6 nitrogen and oxygen atoms in total. The third-order valence-electron chi connectivity index (χ3n) is 2.38. The van der Waals surface area contributed by atoms with Crippen molar-refractivity contribution in [3.05, 3.63) is 28.3 Å². The number of nitrogens with zero attached hydrogens (tertiary/aromatic N) is 2. The van der Waals surface area contributed by atoms with E-state index in [1.54, 1.807) is 18.4 Å². The lowest BCUT2D eigenvalue weighted by molar-refractivity contribution is -0.191. The lowest BCUT2D eigenvalue weighted by Gasteiger charge is -1.99. The van der Waals surface area contributed by atoms with Crippen LogP contribution in [-0.4, -0.2) is 28.7 Å². The van der Waals surface area contributed by atoms with E-state index in [1.165, 1.54) is 0 Å². The summed E-state index contributed by atoms with van der Waals surface area (Å²) in [6, 6.07) is 1.85. The molecule has 0 fully saturated rings. The minimum atomic E-state index is -0.0827. The predicted octanol–water partition coefficient (Wildman–Crippen LogP) is 1.23. The molecule has 0 atom stereocenters. The standard InChI is InChI=1S/C11H13N3OS.CO2/c1-7-13-9(6-16-7)8-4-10(11(15)12-2)14(3)5-8;2-1-3/h4-6H,1-3H3,(H,12,15);. The minimum Gasteiger partial charge on any atom is -0.354 e. The van der Waals surface area contributed by atoms with Gasteiger partial charge >= 0.3 is 6.15 Å². The van der Waals surface area contributed by atoms with Crippen LogP contribution in [0.5, 0.6) is 0 Å². The molecule has 0 aliphatic carbocycles. The van der Waals surface area contributed by atoms with Crippen molar-refractivity contribution >= 4 is 23.4 Å². The molecule has 0 saturated carbocycles. The van der Waals surface area contributed by atoms with Crippen molar-refractivity contribution in [2.75, 3.05) is 7.05 Å². The summed E-state index contributed by atoms with van der Waals surface area (Å²) in [4.78, 5) is 32.2. The van der Waals surface area contributed by atoms with Gasteiger partial charge in [0, 0.05) is 31.2 Å². The summed E-state index contributed by atoms with van der Waals surface area (Å²) in [5, 5.41) is 5.64. The summed E-state index contributed by atoms with van der Waals surface area (Å²) in [6.45, 7) is 1.97. The van der Waals surface area contributed by atoms with Gasteiger partial charge in [0.05, 0.1) is 10.7 Å². The highest BCUT2D eigenvalue weighted by Gasteiger charge is 2.12. The molecule has 100 valence electrons. The lowest BCUT2D eigenvalue weighted by atomic mass is 10.2. The Morgan fingerprint density at radius 1 is 1.47 bits per heavy atom. The number of amides is 1. The van der Waals surface area contributed by atoms with Crippen molar-refractivity contribution in [3.8, 4) is 11.3 Å². The predicted molar refractivity (Wildman–Crippen MR) is 69.7 cm³/mol. The normalized spacial score (nSPS) is 9.21. The molecule has 7 heteroatoms. The number of carbonyl (C=O) groups is 1. The van der Waals surface area contributed by atoms with Gasteiger partial charge in [0.15, 0.2) is 0 Å². The molecule has 0 bridgehead atoms. The summed E-state index contributed by atoms with van der Waals surface area (Å²) in [6.07, 6.45) is 2.17. The van der Waals surface area contributed by atoms with Gasteiger partial charge in [0.25, 0.3) is 5.91 Å². The second kappa shape index (κ2) is 6.63. The van der Waals surface area contributed by atoms with Crippen LogP contribution in [0, 0.1) is 6.92 Å². The minimum absolute atomic E-state index is 0.0827. The number of carbonyl (C=O) groups excluding carboxylic acids is 3. The van der Waals surface area contributed by atoms with E-state index in [0.717, 1.165) is 16.3 Å². The lowest BCUT2D eigenvalue weighted by Crippen LogP contribution is -2.20. The van der Waals surface area contributed by atoms with Crippen LogP contribution in [0.4, 0.5) is 0 Å². The average molecular weight is 279 g/mol. The Morgan fingerprint density at radius 2 is 2.11 bits per heavy atom. The smallest absolute Gasteiger partial charge is 0.354 e. The SMILES string of the molecule is CNC(=O)c1cc(-c2csc(C)n2)cn1C.O=C=O. The summed E-state index contributed by atoms with van der Waals surface area (Å²) in [5.41, 5.74) is 2.54. The molecule has 0 aliphatic heterocycles. The maximum absolute atomic E-state index is 11.5. The molecule has 0 radical (unpaired) electrons. The second-order valence-electron chi connectivity index (χ2n) is 3.64. The molecule has 1 amide bonds. The number of aryl methyl sites for hydroxylation is 2. The van der Waals surface area contributed by atoms with Gasteiger partial charge < -0.3 is 9.88 Å². The van der Waals surface area contributed by atoms with Gasteiger partial charge in [0.1, 0.15) is 5.69 Å². The van der Waals surface area contributed by atoms with E-state index in [9.17, 15) is 4.79 Å². The van der Waals surface area contributed by atoms with Crippen LogP contribution in [0.2, 0.25) is 0 Å². The summed E-state index contributed by atoms with van der Waals surface area (Å²) in [5.74, 6) is -0.0827. The molecule has 0 aliphatic rings. The Labute approximate surface area is 114 Å². The van der Waals surface area contributed by atoms with Gasteiger partial charge in [-0.1, -0.05) is 0 Å². The van der Waals surface area contributed by atoms with Crippen LogP contribution < -0.4 is 5.32 Å². The highest BCUT2D eigenvalue weighted by Crippen LogP contribution is 2.23. The van der Waals surface area contributed by atoms with Crippen molar-refractivity contribution in [1.29, 1.82) is 0 Å². The highest BCUT2D eigenvalue weighted by atomic mass is 32.1. The Balaban J connectivity index is 0.000000550. The van der Waals surface area contributed by atoms with E-state index in [2.05, 4.69) is 10.3 Å². The fourth-order valence-electron chi connectivity index (χ4n) is 1.55. The largest absolute Gasteiger partial charge is 0.373 e. The van der Waals surface area contributed by atoms with Crippen molar-refractivity contribution in [3.63, 3.8) is 0 Å². The molecular weight excluding hydrogens is 266 g/mol. The maximum atomic E-state index is 11.5. The number of hydrogen-bond donors (Lipinski definition) is 1. The third-order valence-corrected chi connectivity index (χ3v) is 3.15. The van der Waals surface area contributed by atoms with Gasteiger partial charge in [-0.3, -0.25) is 4.79 Å². The van der Waals surface area contributed by atoms with Gasteiger partial charge in [-0.25, -0.2) is 4.98 Å². The Morgan fingerprint density at radius 3 is 2.58 bits per heavy atom. The van der Waals surface area contributed by atoms with Crippen LogP contribution in [0.1, 0.15) is 15.5 Å². The van der Waals surface area contributed by atoms with E-state index >= 15 is 0 Å². The topological polar surface area (TPSA) is 81.1 Å². The van der Waals surface area contributed by atoms with Gasteiger partial charge in [0.2, 0.25) is 0 Å². The molecule has 19 heavy (non-hydrogen) atoms. The van der Waals surface area contributed by atoms with E-state index in [-0.39, 0.29) is 12.1 Å². The van der Waals surface area contributed by atoms with E-state index in [0.29, 0.717) is 5.69 Å². The molecular formula is C12H13N3O3S. The third kappa shape index (κ3) is 3.61. The fourth-order valence-corrected chi connectivity index (χ4v) is 2.18. The molecule has 2 heterocycles. The quantitative estimate of drug-likeness (QED) is 0.896. The Kier molecular flexibility index (Phi) is 5.17. The Hall–Kier alpha value is -2.24. The first-order valence-corrected chi connectivity index (χ1v) is 6.21. The highest BCUT2D eigenvalue weighted by molar-refractivity contribution is 7.09. The van der Waals surface area contributed by atoms with Gasteiger partial charge in [-0.05, 0) is 13.0 Å². The zero-order valence-corrected chi connectivity index (χ0v) is 11.6. The number of thiazole rings is 1. The summed E-state index contributed by atoms with van der Waals surface area (Å²) in [7, 11) is 3.48. The molecule has 0 unspecified atom stereocenters. The first kappa shape index (κ1) is 14.8. The van der Waals surface area contributed by atoms with E-state index in [4.69, 9.17) is 9.59 Å². The van der Waals surface area contributed by atoms with Crippen LogP contribution in [0.15, 0.2) is 17.6 Å². The number of hydrogen-bond acceptors (Lipinski definition) is 5. The molecule has 2 rings (SSSR count). The monoisotopic (exact) mass is 279 g/mol. The molecule has 2 aromatic heterocycles. The van der Waals surface area contributed by atoms with Crippen molar-refractivity contribution in [2.24, 2.45) is 7.05 Å². The molecule has 2 aromatic rings. The summed E-state index contributed by atoms with van der Waals surface area (Å²) < 4.78 is 1.81. The molecule has 0 spiro atoms. The van der Waals surface area contributed by atoms with Crippen molar-refractivity contribution < 1.29 is 14.4 Å². The number of aromatic nitrogens is 2. The Bertz CT molecular complexity index is 610. The first-order valence-electron chi connectivity index (χ1n) is 5.33. The summed E-state index contributed by atoms with van der Waals surface area (Å²) >= 11 is 1.61. The van der Waals surface area contributed by atoms with Crippen LogP contribution in [0.3, 0.4) is 0 Å². The first-order chi connectivity index (χ1) is 9.03. The van der Waals surface area contributed by atoms with Gasteiger partial charge in [-0.2, -0.15) is 9.59 Å². The number of rotatable bonds is 2. The molecule has 1 N–H and O–H groups in total. The zero-order valence-electron chi connectivity index (χ0n) is 10.8. The van der Waals surface area contributed by atoms with Crippen LogP contribution >= 0.6 is 11.3 Å². The molecule has 0 aromatic carbocycles. The average Bonchev–Trinajstić information content (AvgIpc) is 2.95. The number of nitrogens with one attached hydrogen (secondary N) is 1.